The van der Waals surface area contributed by atoms with Gasteiger partial charge < -0.3 is 5.32 Å². The third-order valence-electron chi connectivity index (χ3n) is 2.09. The van der Waals surface area contributed by atoms with Crippen molar-refractivity contribution in [2.45, 2.75) is 31.5 Å². The standard InChI is InChI=1S/C8H12F3N/c1-2-3-6-12-7(4-5-7)8(9,10)11/h2-3,12H,4-6H2,1H3/b3-2+. The molecule has 0 radical (unpaired) electrons. The molecule has 1 N–H and O–H groups in total. The Labute approximate surface area is 69.6 Å². The maximum Gasteiger partial charge on any atom is 0.406 e. The normalized spacial score (nSPS) is 21.7. The average molecular weight is 179 g/mol. The van der Waals surface area contributed by atoms with Crippen LogP contribution in [0.15, 0.2) is 12.2 Å². The van der Waals surface area contributed by atoms with E-state index in [1.54, 1.807) is 19.1 Å². The van der Waals surface area contributed by atoms with Crippen molar-refractivity contribution < 1.29 is 13.2 Å². The first kappa shape index (κ1) is 9.58. The van der Waals surface area contributed by atoms with E-state index >= 15 is 0 Å². The zero-order valence-corrected chi connectivity index (χ0v) is 6.91. The van der Waals surface area contributed by atoms with Gasteiger partial charge in [0, 0.05) is 6.54 Å². The molecule has 1 aliphatic rings. The van der Waals surface area contributed by atoms with Crippen molar-refractivity contribution in [3.63, 3.8) is 0 Å². The van der Waals surface area contributed by atoms with Gasteiger partial charge in [-0.25, -0.2) is 0 Å². The third-order valence-corrected chi connectivity index (χ3v) is 2.09. The molecule has 0 heterocycles. The zero-order valence-electron chi connectivity index (χ0n) is 6.91. The SMILES string of the molecule is C/C=C/CNC1(C(F)(F)F)CC1. The van der Waals surface area contributed by atoms with Crippen LogP contribution in [0, 0.1) is 0 Å². The van der Waals surface area contributed by atoms with Crippen molar-refractivity contribution in [1.82, 2.24) is 5.32 Å². The van der Waals surface area contributed by atoms with Gasteiger partial charge >= 0.3 is 6.18 Å². The highest BCUT2D eigenvalue weighted by atomic mass is 19.4. The summed E-state index contributed by atoms with van der Waals surface area (Å²) in [6.07, 6.45) is -0.234. The molecule has 0 aromatic rings. The van der Waals surface area contributed by atoms with Crippen LogP contribution in [0.5, 0.6) is 0 Å². The van der Waals surface area contributed by atoms with Crippen molar-refractivity contribution in [2.75, 3.05) is 6.54 Å². The number of hydrogen-bond donors (Lipinski definition) is 1. The van der Waals surface area contributed by atoms with Crippen molar-refractivity contribution in [1.29, 1.82) is 0 Å². The maximum absolute atomic E-state index is 12.2. The lowest BCUT2D eigenvalue weighted by Gasteiger charge is -2.19. The predicted molar refractivity (Wildman–Crippen MR) is 40.8 cm³/mol. The summed E-state index contributed by atoms with van der Waals surface area (Å²) in [4.78, 5) is 0. The van der Waals surface area contributed by atoms with Crippen molar-refractivity contribution >= 4 is 0 Å². The van der Waals surface area contributed by atoms with Gasteiger partial charge in [0.05, 0.1) is 0 Å². The van der Waals surface area contributed by atoms with E-state index in [2.05, 4.69) is 5.32 Å². The second-order valence-electron chi connectivity index (χ2n) is 3.03. The number of alkyl halides is 3. The van der Waals surface area contributed by atoms with E-state index in [9.17, 15) is 13.2 Å². The molecular formula is C8H12F3N. The lowest BCUT2D eigenvalue weighted by atomic mass is 10.2. The summed E-state index contributed by atoms with van der Waals surface area (Å²) in [6.45, 7) is 2.09. The number of rotatable bonds is 3. The second kappa shape index (κ2) is 3.09. The molecule has 0 atom stereocenters. The Kier molecular flexibility index (Phi) is 2.46. The molecule has 1 nitrogen and oxygen atoms in total. The fourth-order valence-corrected chi connectivity index (χ4v) is 1.06. The topological polar surface area (TPSA) is 12.0 Å². The van der Waals surface area contributed by atoms with Crippen LogP contribution >= 0.6 is 0 Å². The minimum Gasteiger partial charge on any atom is -0.300 e. The molecule has 0 spiro atoms. The molecule has 70 valence electrons. The summed E-state index contributed by atoms with van der Waals surface area (Å²) in [5, 5.41) is 2.50. The third kappa shape index (κ3) is 1.80. The predicted octanol–water partition coefficient (Wildman–Crippen LogP) is 2.25. The van der Waals surface area contributed by atoms with E-state index in [1.165, 1.54) is 0 Å². The van der Waals surface area contributed by atoms with Crippen LogP contribution in [-0.4, -0.2) is 18.3 Å². The highest BCUT2D eigenvalue weighted by molar-refractivity contribution is 5.08. The summed E-state index contributed by atoms with van der Waals surface area (Å²) in [7, 11) is 0. The summed E-state index contributed by atoms with van der Waals surface area (Å²) in [5.41, 5.74) is -1.56. The molecule has 1 aliphatic carbocycles. The largest absolute Gasteiger partial charge is 0.406 e. The Balaban J connectivity index is 2.40. The lowest BCUT2D eigenvalue weighted by Crippen LogP contribution is -2.44. The monoisotopic (exact) mass is 179 g/mol. The van der Waals surface area contributed by atoms with Gasteiger partial charge in [0.25, 0.3) is 0 Å². The first-order valence-electron chi connectivity index (χ1n) is 3.95. The number of hydrogen-bond acceptors (Lipinski definition) is 1. The fourth-order valence-electron chi connectivity index (χ4n) is 1.06. The molecular weight excluding hydrogens is 167 g/mol. The van der Waals surface area contributed by atoms with Crippen LogP contribution in [0.25, 0.3) is 0 Å². The molecule has 1 rings (SSSR count). The molecule has 0 aromatic carbocycles. The van der Waals surface area contributed by atoms with Gasteiger partial charge in [-0.15, -0.1) is 0 Å². The summed E-state index contributed by atoms with van der Waals surface area (Å²) >= 11 is 0. The molecule has 1 fully saturated rings. The molecule has 12 heavy (non-hydrogen) atoms. The summed E-state index contributed by atoms with van der Waals surface area (Å²) in [6, 6.07) is 0. The highest BCUT2D eigenvalue weighted by Crippen LogP contribution is 2.48. The van der Waals surface area contributed by atoms with Gasteiger partial charge in [-0.2, -0.15) is 13.2 Å². The summed E-state index contributed by atoms with van der Waals surface area (Å²) < 4.78 is 36.7. The Morgan fingerprint density at radius 3 is 2.33 bits per heavy atom. The van der Waals surface area contributed by atoms with Crippen LogP contribution in [0.2, 0.25) is 0 Å². The van der Waals surface area contributed by atoms with Crippen LogP contribution in [0.1, 0.15) is 19.8 Å². The molecule has 1 saturated carbocycles. The van der Waals surface area contributed by atoms with Crippen molar-refractivity contribution in [3.8, 4) is 0 Å². The minimum atomic E-state index is -4.09. The van der Waals surface area contributed by atoms with Crippen molar-refractivity contribution in [3.05, 3.63) is 12.2 Å². The van der Waals surface area contributed by atoms with E-state index in [0.29, 0.717) is 6.54 Å². The molecule has 0 unspecified atom stereocenters. The van der Waals surface area contributed by atoms with Gasteiger partial charge in [-0.1, -0.05) is 12.2 Å². The quantitative estimate of drug-likeness (QED) is 0.655. The molecule has 0 amide bonds. The molecule has 0 saturated heterocycles. The number of allylic oxidation sites excluding steroid dienone is 1. The van der Waals surface area contributed by atoms with Crippen LogP contribution in [0.3, 0.4) is 0 Å². The van der Waals surface area contributed by atoms with Crippen LogP contribution in [-0.2, 0) is 0 Å². The van der Waals surface area contributed by atoms with Gasteiger partial charge in [0.1, 0.15) is 5.54 Å². The maximum atomic E-state index is 12.2. The van der Waals surface area contributed by atoms with Gasteiger partial charge in [-0.3, -0.25) is 0 Å². The average Bonchev–Trinajstić information content (AvgIpc) is 2.67. The molecule has 0 bridgehead atoms. The Morgan fingerprint density at radius 2 is 2.00 bits per heavy atom. The first-order valence-corrected chi connectivity index (χ1v) is 3.95. The molecule has 0 aromatic heterocycles. The Morgan fingerprint density at radius 1 is 1.42 bits per heavy atom. The zero-order chi connectivity index (χ0) is 9.24. The smallest absolute Gasteiger partial charge is 0.300 e. The van der Waals surface area contributed by atoms with Crippen LogP contribution < -0.4 is 5.32 Å². The number of halogens is 3. The Bertz CT molecular complexity index is 179. The van der Waals surface area contributed by atoms with E-state index < -0.39 is 11.7 Å². The van der Waals surface area contributed by atoms with E-state index in [0.717, 1.165) is 0 Å². The fraction of sp³-hybridized carbons (Fsp3) is 0.750. The Hall–Kier alpha value is -0.510. The van der Waals surface area contributed by atoms with Crippen molar-refractivity contribution in [2.24, 2.45) is 0 Å². The second-order valence-corrected chi connectivity index (χ2v) is 3.03. The van der Waals surface area contributed by atoms with Gasteiger partial charge in [-0.05, 0) is 19.8 Å². The summed E-state index contributed by atoms with van der Waals surface area (Å²) in [5.74, 6) is 0. The lowest BCUT2D eigenvalue weighted by molar-refractivity contribution is -0.165. The highest BCUT2D eigenvalue weighted by Gasteiger charge is 2.62. The first-order chi connectivity index (χ1) is 5.52. The van der Waals surface area contributed by atoms with E-state index in [1.807, 2.05) is 0 Å². The van der Waals surface area contributed by atoms with E-state index in [4.69, 9.17) is 0 Å². The number of nitrogens with one attached hydrogen (secondary N) is 1. The van der Waals surface area contributed by atoms with Crippen LogP contribution in [0.4, 0.5) is 13.2 Å². The van der Waals surface area contributed by atoms with E-state index in [-0.39, 0.29) is 12.8 Å². The van der Waals surface area contributed by atoms with Gasteiger partial charge in [0.15, 0.2) is 0 Å². The molecule has 4 heteroatoms. The minimum absolute atomic E-state index is 0.216. The molecule has 0 aliphatic heterocycles. The van der Waals surface area contributed by atoms with Gasteiger partial charge in [0.2, 0.25) is 0 Å².